The van der Waals surface area contributed by atoms with E-state index in [-0.39, 0.29) is 16.4 Å². The van der Waals surface area contributed by atoms with Crippen LogP contribution in [0.5, 0.6) is 5.75 Å². The molecule has 0 saturated heterocycles. The quantitative estimate of drug-likeness (QED) is 0.418. The van der Waals surface area contributed by atoms with Crippen LogP contribution in [0.1, 0.15) is 65.5 Å². The number of fused-ring (bicyclic) bond motifs is 2. The summed E-state index contributed by atoms with van der Waals surface area (Å²) in [5.41, 5.74) is 4.37. The number of pyridine rings is 1. The van der Waals surface area contributed by atoms with Crippen molar-refractivity contribution >= 4 is 21.7 Å². The van der Waals surface area contributed by atoms with Gasteiger partial charge in [-0.3, -0.25) is 0 Å². The number of rotatable bonds is 2. The highest BCUT2D eigenvalue weighted by molar-refractivity contribution is 6.08. The topological polar surface area (TPSA) is 13.1 Å². The Hall–Kier alpha value is -2.09. The van der Waals surface area contributed by atoms with Gasteiger partial charge in [-0.15, -0.1) is 0 Å². The molecule has 2 atom stereocenters. The van der Waals surface area contributed by atoms with Crippen LogP contribution in [0.25, 0.3) is 21.7 Å². The first-order valence-electron chi connectivity index (χ1n) is 10.4. The van der Waals surface area contributed by atoms with Gasteiger partial charge in [0.15, 0.2) is 11.7 Å². The zero-order valence-corrected chi connectivity index (χ0v) is 17.4. The molecule has 0 aliphatic carbocycles. The third kappa shape index (κ3) is 1.80. The minimum Gasteiger partial charge on any atom is -0.491 e. The molecule has 2 nitrogen and oxygen atoms in total. The molecule has 27 heavy (non-hydrogen) atoms. The molecule has 2 aromatic carbocycles. The second-order valence-electron chi connectivity index (χ2n) is 9.59. The van der Waals surface area contributed by atoms with Crippen molar-refractivity contribution in [1.29, 1.82) is 0 Å². The van der Waals surface area contributed by atoms with Crippen molar-refractivity contribution in [2.24, 2.45) is 0 Å². The summed E-state index contributed by atoms with van der Waals surface area (Å²) < 4.78 is 8.88. The monoisotopic (exact) mass is 360 g/mol. The van der Waals surface area contributed by atoms with E-state index in [1.165, 1.54) is 32.8 Å². The molecular weight excluding hydrogens is 330 g/mol. The van der Waals surface area contributed by atoms with Crippen LogP contribution in [0.4, 0.5) is 0 Å². The molecule has 0 spiro atoms. The summed E-state index contributed by atoms with van der Waals surface area (Å²) in [5, 5.41) is 4.03. The lowest BCUT2D eigenvalue weighted by atomic mass is 9.61. The third-order valence-corrected chi connectivity index (χ3v) is 8.02. The molecule has 5 rings (SSSR count). The molecule has 1 aromatic heterocycles. The largest absolute Gasteiger partial charge is 0.491 e. The minimum atomic E-state index is 0.0241. The predicted octanol–water partition coefficient (Wildman–Crippen LogP) is 5.76. The van der Waals surface area contributed by atoms with E-state index in [0.29, 0.717) is 0 Å². The number of nitrogens with zero attached hydrogens (tertiary/aromatic N) is 1. The van der Waals surface area contributed by atoms with Gasteiger partial charge in [-0.1, -0.05) is 52.0 Å². The van der Waals surface area contributed by atoms with Gasteiger partial charge in [0.1, 0.15) is 5.75 Å². The Labute approximate surface area is 162 Å². The second kappa shape index (κ2) is 5.04. The van der Waals surface area contributed by atoms with Crippen LogP contribution in [0.2, 0.25) is 0 Å². The average molecular weight is 361 g/mol. The molecule has 0 N–H and O–H groups in total. The van der Waals surface area contributed by atoms with Crippen LogP contribution >= 0.6 is 0 Å². The maximum absolute atomic E-state index is 6.26. The van der Waals surface area contributed by atoms with E-state index in [0.717, 1.165) is 25.2 Å². The Kier molecular flexibility index (Phi) is 3.18. The van der Waals surface area contributed by atoms with Gasteiger partial charge in [-0.25, -0.2) is 0 Å². The van der Waals surface area contributed by atoms with Gasteiger partial charge in [0.2, 0.25) is 5.52 Å². The van der Waals surface area contributed by atoms with Gasteiger partial charge in [-0.2, -0.15) is 4.57 Å². The molecule has 2 aliphatic heterocycles. The Morgan fingerprint density at radius 2 is 1.74 bits per heavy atom. The standard InChI is InChI=1S/C25H30NO/c1-7-24(5)18-11-9-10-16-12-13-17-21(20(16)18)26(25(24,6)8-2)14-19-22(17)27-15-23(19,3)4/h9-14H,7-8,15H2,1-6H3/q+1. The fourth-order valence-electron chi connectivity index (χ4n) is 5.70. The molecule has 0 amide bonds. The third-order valence-electron chi connectivity index (χ3n) is 8.02. The van der Waals surface area contributed by atoms with E-state index < -0.39 is 0 Å². The van der Waals surface area contributed by atoms with Crippen molar-refractivity contribution in [3.05, 3.63) is 47.7 Å². The predicted molar refractivity (Wildman–Crippen MR) is 112 cm³/mol. The highest BCUT2D eigenvalue weighted by Gasteiger charge is 2.56. The fraction of sp³-hybridized carbons (Fsp3) is 0.480. The van der Waals surface area contributed by atoms with Crippen LogP contribution in [0.3, 0.4) is 0 Å². The van der Waals surface area contributed by atoms with E-state index in [2.05, 4.69) is 82.6 Å². The summed E-state index contributed by atoms with van der Waals surface area (Å²) in [6.45, 7) is 15.0. The second-order valence-corrected chi connectivity index (χ2v) is 9.59. The lowest BCUT2D eigenvalue weighted by Crippen LogP contribution is -2.66. The summed E-state index contributed by atoms with van der Waals surface area (Å²) >= 11 is 0. The average Bonchev–Trinajstić information content (AvgIpc) is 2.99. The Morgan fingerprint density at radius 1 is 0.963 bits per heavy atom. The zero-order chi connectivity index (χ0) is 19.2. The van der Waals surface area contributed by atoms with Gasteiger partial charge in [-0.05, 0) is 30.4 Å². The number of benzene rings is 2. The summed E-state index contributed by atoms with van der Waals surface area (Å²) in [5.74, 6) is 1.10. The van der Waals surface area contributed by atoms with E-state index in [1.54, 1.807) is 0 Å². The van der Waals surface area contributed by atoms with Crippen LogP contribution in [-0.4, -0.2) is 6.61 Å². The molecule has 2 unspecified atom stereocenters. The van der Waals surface area contributed by atoms with Crippen LogP contribution in [0.15, 0.2) is 36.5 Å². The molecule has 0 saturated carbocycles. The first-order chi connectivity index (χ1) is 12.8. The van der Waals surface area contributed by atoms with E-state index >= 15 is 0 Å². The van der Waals surface area contributed by atoms with Crippen LogP contribution in [0, 0.1) is 0 Å². The molecule has 0 fully saturated rings. The first-order valence-corrected chi connectivity index (χ1v) is 10.4. The molecule has 140 valence electrons. The Balaban J connectivity index is 2.08. The highest BCUT2D eigenvalue weighted by atomic mass is 16.5. The van der Waals surface area contributed by atoms with Crippen molar-refractivity contribution < 1.29 is 9.30 Å². The van der Waals surface area contributed by atoms with Crippen molar-refractivity contribution in [2.75, 3.05) is 6.61 Å². The summed E-state index contributed by atoms with van der Waals surface area (Å²) in [7, 11) is 0. The normalized spacial score (nSPS) is 27.9. The minimum absolute atomic E-state index is 0.0241. The molecule has 2 aliphatic rings. The summed E-state index contributed by atoms with van der Waals surface area (Å²) in [6.07, 6.45) is 4.65. The van der Waals surface area contributed by atoms with Crippen molar-refractivity contribution in [1.82, 2.24) is 0 Å². The number of aromatic nitrogens is 1. The van der Waals surface area contributed by atoms with Gasteiger partial charge in [0.25, 0.3) is 0 Å². The van der Waals surface area contributed by atoms with Crippen molar-refractivity contribution in [3.8, 4) is 5.75 Å². The first kappa shape index (κ1) is 17.0. The fourth-order valence-corrected chi connectivity index (χ4v) is 5.70. The molecular formula is C25H30NO+. The molecule has 3 aromatic rings. The highest BCUT2D eigenvalue weighted by Crippen LogP contribution is 2.52. The van der Waals surface area contributed by atoms with Gasteiger partial charge in [0.05, 0.1) is 28.4 Å². The van der Waals surface area contributed by atoms with Crippen molar-refractivity contribution in [2.45, 2.75) is 70.8 Å². The van der Waals surface area contributed by atoms with Gasteiger partial charge >= 0.3 is 0 Å². The molecule has 3 heterocycles. The van der Waals surface area contributed by atoms with Crippen LogP contribution in [-0.2, 0) is 16.4 Å². The molecule has 2 heteroatoms. The van der Waals surface area contributed by atoms with E-state index in [4.69, 9.17) is 4.74 Å². The number of hydrogen-bond acceptors (Lipinski definition) is 1. The molecule has 0 bridgehead atoms. The van der Waals surface area contributed by atoms with Crippen LogP contribution < -0.4 is 9.30 Å². The van der Waals surface area contributed by atoms with Gasteiger partial charge < -0.3 is 4.74 Å². The molecule has 0 radical (unpaired) electrons. The smallest absolute Gasteiger partial charge is 0.224 e. The number of hydrogen-bond donors (Lipinski definition) is 0. The maximum Gasteiger partial charge on any atom is 0.224 e. The van der Waals surface area contributed by atoms with Gasteiger partial charge in [0, 0.05) is 18.8 Å². The maximum atomic E-state index is 6.26. The Bertz CT molecular complexity index is 1110. The van der Waals surface area contributed by atoms with E-state index in [1.807, 2.05) is 0 Å². The van der Waals surface area contributed by atoms with Crippen molar-refractivity contribution in [3.63, 3.8) is 0 Å². The lowest BCUT2D eigenvalue weighted by Gasteiger charge is -2.45. The SMILES string of the molecule is CCC1(C)c2cccc3ccc4c5c(c[n+](c4c23)C1(C)CC)C(C)(C)CO5. The summed E-state index contributed by atoms with van der Waals surface area (Å²) in [4.78, 5) is 0. The van der Waals surface area contributed by atoms with E-state index in [9.17, 15) is 0 Å². The zero-order valence-electron chi connectivity index (χ0n) is 17.4. The summed E-state index contributed by atoms with van der Waals surface area (Å²) in [6, 6.07) is 11.4. The number of ether oxygens (including phenoxy) is 1. The Morgan fingerprint density at radius 3 is 2.44 bits per heavy atom. The lowest BCUT2D eigenvalue weighted by molar-refractivity contribution is -0.751.